The highest BCUT2D eigenvalue weighted by molar-refractivity contribution is 5.94. The number of pyridine rings is 1. The quantitative estimate of drug-likeness (QED) is 0.777. The molecule has 0 aliphatic carbocycles. The molecule has 1 aromatic heterocycles. The molecule has 3 N–H and O–H groups in total. The van der Waals surface area contributed by atoms with Gasteiger partial charge in [0.2, 0.25) is 0 Å². The lowest BCUT2D eigenvalue weighted by Gasteiger charge is -2.09. The number of hydrogen-bond donors (Lipinski definition) is 3. The maximum absolute atomic E-state index is 11.8. The number of benzene rings is 1. The van der Waals surface area contributed by atoms with E-state index in [4.69, 9.17) is 5.11 Å². The van der Waals surface area contributed by atoms with Gasteiger partial charge in [-0.3, -0.25) is 9.78 Å². The zero-order valence-corrected chi connectivity index (χ0v) is 11.2. The Hall–Kier alpha value is -2.40. The second-order valence-corrected chi connectivity index (χ2v) is 4.50. The first kappa shape index (κ1) is 14.0. The third-order valence-electron chi connectivity index (χ3n) is 2.67. The molecule has 1 atom stereocenters. The highest BCUT2D eigenvalue weighted by atomic mass is 16.3. The largest absolute Gasteiger partial charge is 0.392 e. The first-order chi connectivity index (χ1) is 9.65. The summed E-state index contributed by atoms with van der Waals surface area (Å²) in [7, 11) is 0. The fraction of sp³-hybridized carbons (Fsp3) is 0.200. The molecule has 0 bridgehead atoms. The Labute approximate surface area is 117 Å². The molecule has 5 heteroatoms. The van der Waals surface area contributed by atoms with Crippen molar-refractivity contribution in [2.45, 2.75) is 13.0 Å². The van der Waals surface area contributed by atoms with Crippen LogP contribution in [0.5, 0.6) is 0 Å². The Kier molecular flexibility index (Phi) is 4.68. The van der Waals surface area contributed by atoms with Gasteiger partial charge in [0.15, 0.2) is 0 Å². The van der Waals surface area contributed by atoms with Crippen LogP contribution < -0.4 is 10.6 Å². The zero-order chi connectivity index (χ0) is 14.4. The number of carbonyl (C=O) groups excluding carboxylic acids is 1. The second-order valence-electron chi connectivity index (χ2n) is 4.50. The van der Waals surface area contributed by atoms with Gasteiger partial charge in [-0.25, -0.2) is 0 Å². The van der Waals surface area contributed by atoms with Crippen LogP contribution in [0.4, 0.5) is 11.4 Å². The number of carbonyl (C=O) groups is 1. The molecule has 104 valence electrons. The summed E-state index contributed by atoms with van der Waals surface area (Å²) in [5, 5.41) is 15.0. The van der Waals surface area contributed by atoms with Gasteiger partial charge in [0.1, 0.15) is 0 Å². The van der Waals surface area contributed by atoms with Crippen LogP contribution in [0.3, 0.4) is 0 Å². The lowest BCUT2D eigenvalue weighted by molar-refractivity contribution is 0.0924. The monoisotopic (exact) mass is 271 g/mol. The van der Waals surface area contributed by atoms with E-state index < -0.39 is 6.10 Å². The topological polar surface area (TPSA) is 74.2 Å². The van der Waals surface area contributed by atoms with Crippen molar-refractivity contribution in [1.29, 1.82) is 0 Å². The van der Waals surface area contributed by atoms with E-state index in [1.807, 2.05) is 24.3 Å². The van der Waals surface area contributed by atoms with Crippen LogP contribution in [0.1, 0.15) is 17.3 Å². The summed E-state index contributed by atoms with van der Waals surface area (Å²) in [6.07, 6.45) is 2.87. The standard InChI is InChI=1S/C15H17N3O2/c1-11(19)10-17-15(20)12-2-4-13(5-3-12)18-14-6-8-16-9-7-14/h2-9,11,19H,10H2,1H3,(H,16,18)(H,17,20). The summed E-state index contributed by atoms with van der Waals surface area (Å²) in [4.78, 5) is 15.7. The van der Waals surface area contributed by atoms with Crippen LogP contribution >= 0.6 is 0 Å². The number of aliphatic hydroxyl groups excluding tert-OH is 1. The van der Waals surface area contributed by atoms with Gasteiger partial charge < -0.3 is 15.7 Å². The highest BCUT2D eigenvalue weighted by Gasteiger charge is 2.06. The van der Waals surface area contributed by atoms with E-state index in [9.17, 15) is 4.79 Å². The van der Waals surface area contributed by atoms with Crippen LogP contribution in [0.25, 0.3) is 0 Å². The molecule has 1 amide bonds. The van der Waals surface area contributed by atoms with Crippen molar-refractivity contribution < 1.29 is 9.90 Å². The highest BCUT2D eigenvalue weighted by Crippen LogP contribution is 2.16. The molecule has 0 fully saturated rings. The predicted octanol–water partition coefficient (Wildman–Crippen LogP) is 1.94. The van der Waals surface area contributed by atoms with Gasteiger partial charge in [-0.2, -0.15) is 0 Å². The number of nitrogens with zero attached hydrogens (tertiary/aromatic N) is 1. The number of amides is 1. The Morgan fingerprint density at radius 3 is 2.35 bits per heavy atom. The molecular formula is C15H17N3O2. The summed E-state index contributed by atoms with van der Waals surface area (Å²) in [6, 6.07) is 10.9. The molecule has 0 radical (unpaired) electrons. The number of aliphatic hydroxyl groups is 1. The molecule has 1 aromatic carbocycles. The average Bonchev–Trinajstić information content (AvgIpc) is 2.46. The maximum Gasteiger partial charge on any atom is 0.251 e. The number of rotatable bonds is 5. The van der Waals surface area contributed by atoms with Gasteiger partial charge in [-0.05, 0) is 43.3 Å². The van der Waals surface area contributed by atoms with E-state index in [0.29, 0.717) is 5.56 Å². The lowest BCUT2D eigenvalue weighted by atomic mass is 10.2. The fourth-order valence-electron chi connectivity index (χ4n) is 1.65. The predicted molar refractivity (Wildman–Crippen MR) is 78.0 cm³/mol. The van der Waals surface area contributed by atoms with Gasteiger partial charge in [-0.1, -0.05) is 0 Å². The van der Waals surface area contributed by atoms with Crippen LogP contribution in [0, 0.1) is 0 Å². The van der Waals surface area contributed by atoms with Crippen molar-refractivity contribution in [1.82, 2.24) is 10.3 Å². The van der Waals surface area contributed by atoms with Gasteiger partial charge in [0, 0.05) is 35.9 Å². The van der Waals surface area contributed by atoms with Crippen molar-refractivity contribution in [3.8, 4) is 0 Å². The third-order valence-corrected chi connectivity index (χ3v) is 2.67. The smallest absolute Gasteiger partial charge is 0.251 e. The Bertz CT molecular complexity index is 553. The molecule has 2 aromatic rings. The molecule has 0 saturated heterocycles. The molecule has 1 unspecified atom stereocenters. The molecular weight excluding hydrogens is 254 g/mol. The summed E-state index contributed by atoms with van der Waals surface area (Å²) in [5.74, 6) is -0.193. The van der Waals surface area contributed by atoms with Crippen LogP contribution in [-0.2, 0) is 0 Å². The van der Waals surface area contributed by atoms with E-state index >= 15 is 0 Å². The lowest BCUT2D eigenvalue weighted by Crippen LogP contribution is -2.30. The molecule has 1 heterocycles. The Morgan fingerprint density at radius 2 is 1.75 bits per heavy atom. The minimum Gasteiger partial charge on any atom is -0.392 e. The summed E-state index contributed by atoms with van der Waals surface area (Å²) in [6.45, 7) is 1.87. The number of nitrogens with one attached hydrogen (secondary N) is 2. The van der Waals surface area contributed by atoms with Crippen LogP contribution in [-0.4, -0.2) is 28.6 Å². The summed E-state index contributed by atoms with van der Waals surface area (Å²) >= 11 is 0. The number of aromatic nitrogens is 1. The van der Waals surface area contributed by atoms with Crippen molar-refractivity contribution >= 4 is 17.3 Å². The molecule has 5 nitrogen and oxygen atoms in total. The van der Waals surface area contributed by atoms with Crippen LogP contribution in [0.15, 0.2) is 48.8 Å². The zero-order valence-electron chi connectivity index (χ0n) is 11.2. The SMILES string of the molecule is CC(O)CNC(=O)c1ccc(Nc2ccncc2)cc1. The second kappa shape index (κ2) is 6.68. The molecule has 0 saturated carbocycles. The van der Waals surface area contributed by atoms with Crippen molar-refractivity contribution in [3.63, 3.8) is 0 Å². The Balaban J connectivity index is 1.97. The van der Waals surface area contributed by atoms with Crippen molar-refractivity contribution in [3.05, 3.63) is 54.4 Å². The third kappa shape index (κ3) is 4.07. The van der Waals surface area contributed by atoms with Crippen molar-refractivity contribution in [2.75, 3.05) is 11.9 Å². The van der Waals surface area contributed by atoms with E-state index in [0.717, 1.165) is 11.4 Å². The van der Waals surface area contributed by atoms with E-state index in [1.54, 1.807) is 31.5 Å². The number of hydrogen-bond acceptors (Lipinski definition) is 4. The van der Waals surface area contributed by atoms with Gasteiger partial charge in [0.25, 0.3) is 5.91 Å². The van der Waals surface area contributed by atoms with Crippen molar-refractivity contribution in [2.24, 2.45) is 0 Å². The fourth-order valence-corrected chi connectivity index (χ4v) is 1.65. The first-order valence-electron chi connectivity index (χ1n) is 6.38. The number of anilines is 2. The van der Waals surface area contributed by atoms with Crippen LogP contribution in [0.2, 0.25) is 0 Å². The summed E-state index contributed by atoms with van der Waals surface area (Å²) in [5.41, 5.74) is 2.39. The summed E-state index contributed by atoms with van der Waals surface area (Å²) < 4.78 is 0. The minimum absolute atomic E-state index is 0.193. The molecule has 20 heavy (non-hydrogen) atoms. The molecule has 0 spiro atoms. The van der Waals surface area contributed by atoms with Gasteiger partial charge in [0.05, 0.1) is 6.10 Å². The maximum atomic E-state index is 11.8. The van der Waals surface area contributed by atoms with Gasteiger partial charge >= 0.3 is 0 Å². The molecule has 0 aliphatic heterocycles. The molecule has 2 rings (SSSR count). The van der Waals surface area contributed by atoms with E-state index in [-0.39, 0.29) is 12.5 Å². The normalized spacial score (nSPS) is 11.7. The average molecular weight is 271 g/mol. The van der Waals surface area contributed by atoms with E-state index in [1.165, 1.54) is 0 Å². The molecule has 0 aliphatic rings. The minimum atomic E-state index is -0.549. The van der Waals surface area contributed by atoms with E-state index in [2.05, 4.69) is 15.6 Å². The first-order valence-corrected chi connectivity index (χ1v) is 6.38. The van der Waals surface area contributed by atoms with Gasteiger partial charge in [-0.15, -0.1) is 0 Å². The Morgan fingerprint density at radius 1 is 1.15 bits per heavy atom.